The van der Waals surface area contributed by atoms with Gasteiger partial charge < -0.3 is 10.6 Å². The van der Waals surface area contributed by atoms with Crippen LogP contribution in [0, 0.1) is 5.92 Å². The molecule has 2 rings (SSSR count). The number of fused-ring (bicyclic) bond motifs is 1. The van der Waals surface area contributed by atoms with Crippen molar-refractivity contribution in [2.24, 2.45) is 11.7 Å². The molecule has 1 aliphatic carbocycles. The molecule has 1 heterocycles. The predicted molar refractivity (Wildman–Crippen MR) is 32.5 cm³/mol. The third-order valence-corrected chi connectivity index (χ3v) is 2.62. The summed E-state index contributed by atoms with van der Waals surface area (Å²) in [6, 6.07) is 1.40. The standard InChI is InChI=1S/C6H12N2/c1-8-3-4-5(7)2-6(4)8/h4-6H,2-3,7H2,1H3/t4?,5-,6+/m1/s1. The van der Waals surface area contributed by atoms with Crippen molar-refractivity contribution in [3.63, 3.8) is 0 Å². The third kappa shape index (κ3) is 0.361. The summed E-state index contributed by atoms with van der Waals surface area (Å²) in [5, 5.41) is 0. The first-order valence-electron chi connectivity index (χ1n) is 3.25. The molecule has 0 bridgehead atoms. The van der Waals surface area contributed by atoms with Crippen LogP contribution in [0.5, 0.6) is 0 Å². The maximum Gasteiger partial charge on any atom is 0.0162 e. The molecule has 1 saturated carbocycles. The van der Waals surface area contributed by atoms with Gasteiger partial charge in [0, 0.05) is 24.5 Å². The van der Waals surface area contributed by atoms with E-state index in [1.807, 2.05) is 0 Å². The van der Waals surface area contributed by atoms with Crippen molar-refractivity contribution < 1.29 is 0 Å². The van der Waals surface area contributed by atoms with Crippen LogP contribution in [0.15, 0.2) is 0 Å². The first-order chi connectivity index (χ1) is 3.79. The first kappa shape index (κ1) is 4.77. The van der Waals surface area contributed by atoms with Crippen molar-refractivity contribution in [2.75, 3.05) is 13.6 Å². The van der Waals surface area contributed by atoms with Gasteiger partial charge in [0.1, 0.15) is 0 Å². The summed E-state index contributed by atoms with van der Waals surface area (Å²) in [6.07, 6.45) is 1.24. The minimum atomic E-state index is 0.538. The normalized spacial score (nSPS) is 54.0. The van der Waals surface area contributed by atoms with E-state index in [1.54, 1.807) is 0 Å². The van der Waals surface area contributed by atoms with Gasteiger partial charge in [0.2, 0.25) is 0 Å². The van der Waals surface area contributed by atoms with Crippen molar-refractivity contribution in [2.45, 2.75) is 18.5 Å². The van der Waals surface area contributed by atoms with Crippen LogP contribution < -0.4 is 5.73 Å². The average molecular weight is 112 g/mol. The summed E-state index contributed by atoms with van der Waals surface area (Å²) in [4.78, 5) is 2.38. The van der Waals surface area contributed by atoms with E-state index >= 15 is 0 Å². The van der Waals surface area contributed by atoms with Gasteiger partial charge in [0.05, 0.1) is 0 Å². The minimum absolute atomic E-state index is 0.538. The molecule has 46 valence electrons. The van der Waals surface area contributed by atoms with Gasteiger partial charge in [-0.2, -0.15) is 0 Å². The highest BCUT2D eigenvalue weighted by atomic mass is 15.2. The minimum Gasteiger partial charge on any atom is -0.327 e. The second-order valence-electron chi connectivity index (χ2n) is 3.07. The van der Waals surface area contributed by atoms with Gasteiger partial charge in [-0.1, -0.05) is 0 Å². The Hall–Kier alpha value is -0.0800. The Labute approximate surface area is 49.7 Å². The fraction of sp³-hybridized carbons (Fsp3) is 1.00. The molecular weight excluding hydrogens is 100 g/mol. The lowest BCUT2D eigenvalue weighted by Gasteiger charge is -2.58. The summed E-state index contributed by atoms with van der Waals surface area (Å²) in [7, 11) is 2.17. The molecule has 0 aromatic rings. The molecule has 3 atom stereocenters. The molecule has 2 heteroatoms. The van der Waals surface area contributed by atoms with Crippen LogP contribution in [0.1, 0.15) is 6.42 Å². The number of piperidine rings is 1. The van der Waals surface area contributed by atoms with E-state index in [9.17, 15) is 0 Å². The highest BCUT2D eigenvalue weighted by molar-refractivity contribution is 5.06. The van der Waals surface area contributed by atoms with Gasteiger partial charge in [-0.25, -0.2) is 0 Å². The van der Waals surface area contributed by atoms with Crippen molar-refractivity contribution in [3.05, 3.63) is 0 Å². The highest BCUT2D eigenvalue weighted by Crippen LogP contribution is 2.39. The largest absolute Gasteiger partial charge is 0.327 e. The molecule has 8 heavy (non-hydrogen) atoms. The Morgan fingerprint density at radius 3 is 2.50 bits per heavy atom. The van der Waals surface area contributed by atoms with Crippen molar-refractivity contribution in [3.8, 4) is 0 Å². The predicted octanol–water partition coefficient (Wildman–Crippen LogP) is -0.352. The molecule has 0 aromatic carbocycles. The van der Waals surface area contributed by atoms with Gasteiger partial charge in [-0.3, -0.25) is 0 Å². The Bertz CT molecular complexity index is 99.1. The molecule has 0 aromatic heterocycles. The Morgan fingerprint density at radius 2 is 2.38 bits per heavy atom. The van der Waals surface area contributed by atoms with E-state index in [-0.39, 0.29) is 0 Å². The van der Waals surface area contributed by atoms with E-state index in [2.05, 4.69) is 11.9 Å². The van der Waals surface area contributed by atoms with Crippen LogP contribution in [0.4, 0.5) is 0 Å². The summed E-state index contributed by atoms with van der Waals surface area (Å²) in [6.45, 7) is 1.24. The van der Waals surface area contributed by atoms with Crippen molar-refractivity contribution in [1.29, 1.82) is 0 Å². The molecule has 2 nitrogen and oxygen atoms in total. The smallest absolute Gasteiger partial charge is 0.0162 e. The maximum atomic E-state index is 5.70. The summed E-state index contributed by atoms with van der Waals surface area (Å²) in [5.74, 6) is 0.861. The zero-order valence-corrected chi connectivity index (χ0v) is 5.17. The number of nitrogens with two attached hydrogens (primary N) is 1. The lowest BCUT2D eigenvalue weighted by atomic mass is 9.68. The fourth-order valence-electron chi connectivity index (χ4n) is 1.81. The third-order valence-electron chi connectivity index (χ3n) is 2.62. The zero-order valence-electron chi connectivity index (χ0n) is 5.17. The van der Waals surface area contributed by atoms with Crippen LogP contribution in [0.25, 0.3) is 0 Å². The molecule has 1 saturated heterocycles. The van der Waals surface area contributed by atoms with Crippen LogP contribution in [-0.2, 0) is 0 Å². The molecule has 0 spiro atoms. The Balaban J connectivity index is 1.96. The summed E-state index contributed by atoms with van der Waals surface area (Å²) < 4.78 is 0. The molecular formula is C6H12N2. The Morgan fingerprint density at radius 1 is 1.62 bits per heavy atom. The van der Waals surface area contributed by atoms with E-state index in [1.165, 1.54) is 13.0 Å². The second-order valence-corrected chi connectivity index (χ2v) is 3.07. The number of rotatable bonds is 0. The van der Waals surface area contributed by atoms with Gasteiger partial charge in [-0.05, 0) is 13.5 Å². The van der Waals surface area contributed by atoms with E-state index < -0.39 is 0 Å². The lowest BCUT2D eigenvalue weighted by molar-refractivity contribution is -0.0564. The molecule has 0 amide bonds. The monoisotopic (exact) mass is 112 g/mol. The number of hydrogen-bond donors (Lipinski definition) is 1. The van der Waals surface area contributed by atoms with Gasteiger partial charge >= 0.3 is 0 Å². The van der Waals surface area contributed by atoms with Gasteiger partial charge in [0.25, 0.3) is 0 Å². The molecule has 1 aliphatic heterocycles. The fourth-order valence-corrected chi connectivity index (χ4v) is 1.81. The zero-order chi connectivity index (χ0) is 5.72. The first-order valence-corrected chi connectivity index (χ1v) is 3.25. The SMILES string of the molecule is CN1CC2[C@H](N)C[C@@H]21. The highest BCUT2D eigenvalue weighted by Gasteiger charge is 2.48. The number of hydrogen-bond acceptors (Lipinski definition) is 2. The molecule has 1 unspecified atom stereocenters. The van der Waals surface area contributed by atoms with Gasteiger partial charge in [0.15, 0.2) is 0 Å². The molecule has 0 radical (unpaired) electrons. The van der Waals surface area contributed by atoms with Crippen molar-refractivity contribution in [1.82, 2.24) is 4.90 Å². The quantitative estimate of drug-likeness (QED) is 0.464. The van der Waals surface area contributed by atoms with Crippen molar-refractivity contribution >= 4 is 0 Å². The lowest BCUT2D eigenvalue weighted by Crippen LogP contribution is -2.69. The Kier molecular flexibility index (Phi) is 0.746. The van der Waals surface area contributed by atoms with Crippen LogP contribution >= 0.6 is 0 Å². The van der Waals surface area contributed by atoms with Crippen LogP contribution in [0.3, 0.4) is 0 Å². The summed E-state index contributed by atoms with van der Waals surface area (Å²) in [5.41, 5.74) is 5.70. The second kappa shape index (κ2) is 1.25. The van der Waals surface area contributed by atoms with E-state index in [0.717, 1.165) is 12.0 Å². The van der Waals surface area contributed by atoms with E-state index in [0.29, 0.717) is 6.04 Å². The molecule has 2 fully saturated rings. The van der Waals surface area contributed by atoms with Gasteiger partial charge in [-0.15, -0.1) is 0 Å². The number of likely N-dealkylation sites (tertiary alicyclic amines) is 1. The maximum absolute atomic E-state index is 5.70. The molecule has 2 N–H and O–H groups in total. The topological polar surface area (TPSA) is 29.3 Å². The molecule has 2 aliphatic rings. The van der Waals surface area contributed by atoms with Crippen LogP contribution in [-0.4, -0.2) is 30.6 Å². The summed E-state index contributed by atoms with van der Waals surface area (Å²) >= 11 is 0. The van der Waals surface area contributed by atoms with E-state index in [4.69, 9.17) is 5.73 Å². The number of nitrogens with zero attached hydrogens (tertiary/aromatic N) is 1. The average Bonchev–Trinajstić information content (AvgIpc) is 1.76. The van der Waals surface area contributed by atoms with Crippen LogP contribution in [0.2, 0.25) is 0 Å².